The van der Waals surface area contributed by atoms with Crippen LogP contribution in [0.5, 0.6) is 0 Å². The van der Waals surface area contributed by atoms with Gasteiger partial charge in [0.25, 0.3) is 0 Å². The fourth-order valence-corrected chi connectivity index (χ4v) is 2.17. The zero-order chi connectivity index (χ0) is 8.72. The first kappa shape index (κ1) is 7.98. The lowest BCUT2D eigenvalue weighted by Crippen LogP contribution is -2.30. The van der Waals surface area contributed by atoms with E-state index < -0.39 is 6.17 Å². The summed E-state index contributed by atoms with van der Waals surface area (Å²) < 4.78 is 12.8. The number of rotatable bonds is 1. The molecule has 2 saturated heterocycles. The summed E-state index contributed by atoms with van der Waals surface area (Å²) in [7, 11) is 0. The van der Waals surface area contributed by atoms with Crippen LogP contribution in [-0.2, 0) is 4.79 Å². The van der Waals surface area contributed by atoms with Gasteiger partial charge in [0.05, 0.1) is 19.1 Å². The van der Waals surface area contributed by atoms with E-state index >= 15 is 0 Å². The first-order valence-corrected chi connectivity index (χ1v) is 4.27. The molecule has 4 heteroatoms. The Labute approximate surface area is 70.2 Å². The predicted octanol–water partition coefficient (Wildman–Crippen LogP) is -0.0624. The van der Waals surface area contributed by atoms with Crippen molar-refractivity contribution in [1.29, 1.82) is 0 Å². The normalized spacial score (nSPS) is 40.7. The first-order valence-electron chi connectivity index (χ1n) is 4.27. The van der Waals surface area contributed by atoms with Gasteiger partial charge in [-0.25, -0.2) is 4.39 Å². The summed E-state index contributed by atoms with van der Waals surface area (Å²) >= 11 is 0. The number of carbonyl (C=O) groups excluding carboxylic acids is 1. The van der Waals surface area contributed by atoms with Crippen LogP contribution < -0.4 is 0 Å². The number of alkyl halides is 1. The number of nitrogens with zero attached hydrogens (tertiary/aromatic N) is 1. The molecule has 0 aliphatic carbocycles. The highest BCUT2D eigenvalue weighted by Gasteiger charge is 2.45. The number of fused-ring (bicyclic) bond motifs is 1. The Hall–Kier alpha value is -0.640. The molecule has 2 rings (SSSR count). The smallest absolute Gasteiger partial charge is 0.228 e. The molecule has 0 bridgehead atoms. The second kappa shape index (κ2) is 2.69. The number of hydrogen-bond acceptors (Lipinski definition) is 2. The topological polar surface area (TPSA) is 40.5 Å². The van der Waals surface area contributed by atoms with Crippen molar-refractivity contribution in [2.45, 2.75) is 25.1 Å². The van der Waals surface area contributed by atoms with Crippen molar-refractivity contribution in [3.63, 3.8) is 0 Å². The van der Waals surface area contributed by atoms with Gasteiger partial charge in [-0.05, 0) is 6.42 Å². The fourth-order valence-electron chi connectivity index (χ4n) is 2.17. The van der Waals surface area contributed by atoms with Crippen LogP contribution in [0.2, 0.25) is 0 Å². The third-order valence-corrected chi connectivity index (χ3v) is 2.77. The third kappa shape index (κ3) is 1.02. The van der Waals surface area contributed by atoms with Crippen LogP contribution in [0.25, 0.3) is 0 Å². The molecule has 0 saturated carbocycles. The second-order valence-electron chi connectivity index (χ2n) is 3.59. The van der Waals surface area contributed by atoms with E-state index in [4.69, 9.17) is 5.11 Å². The number of aliphatic hydroxyl groups is 1. The van der Waals surface area contributed by atoms with Gasteiger partial charge in [-0.15, -0.1) is 0 Å². The van der Waals surface area contributed by atoms with Gasteiger partial charge in [-0.1, -0.05) is 0 Å². The summed E-state index contributed by atoms with van der Waals surface area (Å²) in [5, 5.41) is 8.82. The maximum absolute atomic E-state index is 12.8. The standard InChI is InChI=1S/C8H12FNO2/c9-6-2-7-1-5(4-11)8(12)10(7)3-6/h5-7,11H,1-4H2. The fraction of sp³-hybridized carbons (Fsp3) is 0.875. The van der Waals surface area contributed by atoms with Gasteiger partial charge in [0.2, 0.25) is 5.91 Å². The Morgan fingerprint density at radius 1 is 1.58 bits per heavy atom. The van der Waals surface area contributed by atoms with Crippen molar-refractivity contribution in [2.75, 3.05) is 13.2 Å². The molecule has 12 heavy (non-hydrogen) atoms. The van der Waals surface area contributed by atoms with Gasteiger partial charge >= 0.3 is 0 Å². The molecule has 0 spiro atoms. The molecule has 0 aromatic heterocycles. The average molecular weight is 173 g/mol. The van der Waals surface area contributed by atoms with Gasteiger partial charge in [-0.2, -0.15) is 0 Å². The van der Waals surface area contributed by atoms with Crippen molar-refractivity contribution in [3.8, 4) is 0 Å². The van der Waals surface area contributed by atoms with Crippen LogP contribution in [0.1, 0.15) is 12.8 Å². The molecule has 2 aliphatic heterocycles. The predicted molar refractivity (Wildman–Crippen MR) is 40.2 cm³/mol. The number of amides is 1. The molecule has 1 amide bonds. The van der Waals surface area contributed by atoms with Crippen molar-refractivity contribution < 1.29 is 14.3 Å². The lowest BCUT2D eigenvalue weighted by molar-refractivity contribution is -0.132. The molecule has 2 heterocycles. The van der Waals surface area contributed by atoms with Gasteiger partial charge in [0.1, 0.15) is 6.17 Å². The third-order valence-electron chi connectivity index (χ3n) is 2.77. The van der Waals surface area contributed by atoms with Crippen LogP contribution >= 0.6 is 0 Å². The minimum Gasteiger partial charge on any atom is -0.396 e. The quantitative estimate of drug-likeness (QED) is 0.603. The van der Waals surface area contributed by atoms with Gasteiger partial charge in [0, 0.05) is 12.5 Å². The first-order chi connectivity index (χ1) is 5.72. The molecule has 2 aliphatic rings. The van der Waals surface area contributed by atoms with E-state index in [1.54, 1.807) is 4.90 Å². The summed E-state index contributed by atoms with van der Waals surface area (Å²) in [5.41, 5.74) is 0. The summed E-state index contributed by atoms with van der Waals surface area (Å²) in [6, 6.07) is 0.0599. The molecule has 0 radical (unpaired) electrons. The number of hydrogen-bond donors (Lipinski definition) is 1. The summed E-state index contributed by atoms with van der Waals surface area (Å²) in [4.78, 5) is 12.9. The van der Waals surface area contributed by atoms with Crippen LogP contribution in [0.4, 0.5) is 4.39 Å². The minimum atomic E-state index is -0.849. The summed E-state index contributed by atoms with van der Waals surface area (Å²) in [6.45, 7) is 0.142. The molecule has 3 unspecified atom stereocenters. The Morgan fingerprint density at radius 3 is 2.92 bits per heavy atom. The van der Waals surface area contributed by atoms with Gasteiger partial charge in [-0.3, -0.25) is 4.79 Å². The van der Waals surface area contributed by atoms with Crippen LogP contribution in [-0.4, -0.2) is 41.3 Å². The molecule has 1 N–H and O–H groups in total. The Kier molecular flexibility index (Phi) is 1.79. The molecular weight excluding hydrogens is 161 g/mol. The van der Waals surface area contributed by atoms with Crippen molar-refractivity contribution in [2.24, 2.45) is 5.92 Å². The maximum atomic E-state index is 12.8. The highest BCUT2D eigenvalue weighted by Crippen LogP contribution is 2.33. The van der Waals surface area contributed by atoms with E-state index in [-0.39, 0.29) is 31.0 Å². The number of aliphatic hydroxyl groups excluding tert-OH is 1. The van der Waals surface area contributed by atoms with E-state index in [1.165, 1.54) is 0 Å². The monoisotopic (exact) mass is 173 g/mol. The molecule has 0 aromatic carbocycles. The van der Waals surface area contributed by atoms with Gasteiger partial charge < -0.3 is 10.0 Å². The number of carbonyl (C=O) groups is 1. The lowest BCUT2D eigenvalue weighted by Gasteiger charge is -2.13. The lowest BCUT2D eigenvalue weighted by atomic mass is 10.0. The Balaban J connectivity index is 2.08. The van der Waals surface area contributed by atoms with Crippen molar-refractivity contribution in [1.82, 2.24) is 4.90 Å². The SMILES string of the molecule is O=C1C(CO)CC2CC(F)CN12. The highest BCUT2D eigenvalue weighted by molar-refractivity contribution is 5.82. The average Bonchev–Trinajstić information content (AvgIpc) is 2.51. The molecular formula is C8H12FNO2. The van der Waals surface area contributed by atoms with E-state index in [1.807, 2.05) is 0 Å². The zero-order valence-corrected chi connectivity index (χ0v) is 6.74. The highest BCUT2D eigenvalue weighted by atomic mass is 19.1. The van der Waals surface area contributed by atoms with E-state index in [9.17, 15) is 9.18 Å². The van der Waals surface area contributed by atoms with Crippen molar-refractivity contribution >= 4 is 5.91 Å². The summed E-state index contributed by atoms with van der Waals surface area (Å²) in [6.07, 6.45) is 0.247. The van der Waals surface area contributed by atoms with Crippen molar-refractivity contribution in [3.05, 3.63) is 0 Å². The largest absolute Gasteiger partial charge is 0.396 e. The van der Waals surface area contributed by atoms with E-state index in [2.05, 4.69) is 0 Å². The Bertz CT molecular complexity index is 209. The van der Waals surface area contributed by atoms with Gasteiger partial charge in [0.15, 0.2) is 0 Å². The van der Waals surface area contributed by atoms with Crippen LogP contribution in [0.3, 0.4) is 0 Å². The van der Waals surface area contributed by atoms with E-state index in [0.29, 0.717) is 12.8 Å². The maximum Gasteiger partial charge on any atom is 0.228 e. The molecule has 3 nitrogen and oxygen atoms in total. The van der Waals surface area contributed by atoms with Crippen LogP contribution in [0, 0.1) is 5.92 Å². The zero-order valence-electron chi connectivity index (χ0n) is 6.74. The number of halogens is 1. The Morgan fingerprint density at radius 2 is 2.33 bits per heavy atom. The molecule has 68 valence electrons. The molecule has 3 atom stereocenters. The second-order valence-corrected chi connectivity index (χ2v) is 3.59. The van der Waals surface area contributed by atoms with Crippen LogP contribution in [0.15, 0.2) is 0 Å². The van der Waals surface area contributed by atoms with E-state index in [0.717, 1.165) is 0 Å². The molecule has 0 aromatic rings. The minimum absolute atomic E-state index is 0.0599. The molecule has 2 fully saturated rings. The summed E-state index contributed by atoms with van der Waals surface area (Å²) in [5.74, 6) is -0.329.